The molecule has 0 aliphatic heterocycles. The third-order valence-corrected chi connectivity index (χ3v) is 1.34. The van der Waals surface area contributed by atoms with Gasteiger partial charge in [-0.05, 0) is 12.8 Å². The van der Waals surface area contributed by atoms with E-state index in [1.54, 1.807) is 0 Å². The van der Waals surface area contributed by atoms with Gasteiger partial charge in [-0.2, -0.15) is 0 Å². The molecule has 0 rings (SSSR count). The lowest BCUT2D eigenvalue weighted by molar-refractivity contribution is 0.496. The zero-order chi connectivity index (χ0) is 6.57. The fourth-order valence-electron chi connectivity index (χ4n) is 0.372. The minimum absolute atomic E-state index is 0.228. The highest BCUT2D eigenvalue weighted by atomic mass is 14.6. The van der Waals surface area contributed by atoms with Crippen molar-refractivity contribution in [2.45, 2.75) is 26.3 Å². The van der Waals surface area contributed by atoms with Crippen LogP contribution in [0.2, 0.25) is 0 Å². The van der Waals surface area contributed by atoms with Crippen LogP contribution in [0.3, 0.4) is 0 Å². The summed E-state index contributed by atoms with van der Waals surface area (Å²) < 4.78 is 0. The zero-order valence-corrected chi connectivity index (χ0v) is 5.52. The first-order chi connectivity index (χ1) is 3.68. The second-order valence-corrected chi connectivity index (χ2v) is 2.24. The molecular weight excluding hydrogens is 98.1 g/mol. The third kappa shape index (κ3) is 2.65. The lowest BCUT2D eigenvalue weighted by Gasteiger charge is -2.10. The van der Waals surface area contributed by atoms with Crippen LogP contribution in [-0.4, -0.2) is 6.04 Å². The van der Waals surface area contributed by atoms with E-state index in [9.17, 15) is 0 Å². The van der Waals surface area contributed by atoms with Crippen molar-refractivity contribution in [2.75, 3.05) is 0 Å². The summed E-state index contributed by atoms with van der Waals surface area (Å²) in [6.45, 7) is 4.03. The fourth-order valence-corrected chi connectivity index (χ4v) is 0.372. The van der Waals surface area contributed by atoms with Gasteiger partial charge in [0, 0.05) is 12.5 Å². The maximum atomic E-state index is 5.53. The van der Waals surface area contributed by atoms with Crippen LogP contribution in [0.25, 0.3) is 0 Å². The van der Waals surface area contributed by atoms with Crippen molar-refractivity contribution in [3.8, 4) is 12.3 Å². The molecule has 0 aromatic rings. The first-order valence-corrected chi connectivity index (χ1v) is 2.87. The van der Waals surface area contributed by atoms with E-state index < -0.39 is 0 Å². The molecule has 0 radical (unpaired) electrons. The smallest absolute Gasteiger partial charge is 0.0126 e. The Bertz CT molecular complexity index is 89.1. The summed E-state index contributed by atoms with van der Waals surface area (Å²) in [6.07, 6.45) is 5.85. The monoisotopic (exact) mass is 111 g/mol. The molecule has 2 atom stereocenters. The van der Waals surface area contributed by atoms with Gasteiger partial charge < -0.3 is 5.73 Å². The Hall–Kier alpha value is -0.480. The zero-order valence-electron chi connectivity index (χ0n) is 5.52. The number of hydrogen-bond acceptors (Lipinski definition) is 1. The SMILES string of the molecule is C#CCC(C)C(C)N. The molecule has 0 amide bonds. The van der Waals surface area contributed by atoms with Gasteiger partial charge in [0.1, 0.15) is 0 Å². The molecule has 0 bridgehead atoms. The van der Waals surface area contributed by atoms with Gasteiger partial charge in [-0.3, -0.25) is 0 Å². The molecule has 8 heavy (non-hydrogen) atoms. The molecule has 0 saturated carbocycles. The third-order valence-electron chi connectivity index (χ3n) is 1.34. The molecule has 0 aliphatic rings. The summed E-state index contributed by atoms with van der Waals surface area (Å²) in [5, 5.41) is 0. The highest BCUT2D eigenvalue weighted by molar-refractivity contribution is 4.87. The number of hydrogen-bond donors (Lipinski definition) is 1. The Morgan fingerprint density at radius 1 is 1.62 bits per heavy atom. The Morgan fingerprint density at radius 3 is 2.25 bits per heavy atom. The van der Waals surface area contributed by atoms with Crippen molar-refractivity contribution < 1.29 is 0 Å². The molecule has 0 aromatic heterocycles. The minimum Gasteiger partial charge on any atom is -0.328 e. The molecule has 2 N–H and O–H groups in total. The number of terminal acetylenes is 1. The van der Waals surface area contributed by atoms with Crippen LogP contribution in [0.15, 0.2) is 0 Å². The Balaban J connectivity index is 3.35. The van der Waals surface area contributed by atoms with E-state index in [2.05, 4.69) is 12.8 Å². The van der Waals surface area contributed by atoms with Gasteiger partial charge in [-0.1, -0.05) is 6.92 Å². The van der Waals surface area contributed by atoms with Crippen LogP contribution in [0.4, 0.5) is 0 Å². The summed E-state index contributed by atoms with van der Waals surface area (Å²) in [5.41, 5.74) is 5.53. The topological polar surface area (TPSA) is 26.0 Å². The maximum Gasteiger partial charge on any atom is 0.0126 e. The van der Waals surface area contributed by atoms with E-state index in [4.69, 9.17) is 12.2 Å². The Kier molecular flexibility index (Phi) is 3.30. The van der Waals surface area contributed by atoms with E-state index in [0.29, 0.717) is 5.92 Å². The van der Waals surface area contributed by atoms with Crippen molar-refractivity contribution >= 4 is 0 Å². The second-order valence-electron chi connectivity index (χ2n) is 2.24. The van der Waals surface area contributed by atoms with Gasteiger partial charge >= 0.3 is 0 Å². The van der Waals surface area contributed by atoms with Gasteiger partial charge in [0.15, 0.2) is 0 Å². The Labute approximate surface area is 51.3 Å². The van der Waals surface area contributed by atoms with Crippen molar-refractivity contribution in [3.05, 3.63) is 0 Å². The fraction of sp³-hybridized carbons (Fsp3) is 0.714. The molecule has 0 fully saturated rings. The van der Waals surface area contributed by atoms with Crippen molar-refractivity contribution in [3.63, 3.8) is 0 Å². The van der Waals surface area contributed by atoms with Crippen molar-refractivity contribution in [1.82, 2.24) is 0 Å². The normalized spacial score (nSPS) is 16.8. The summed E-state index contributed by atoms with van der Waals surface area (Å²) in [4.78, 5) is 0. The van der Waals surface area contributed by atoms with E-state index >= 15 is 0 Å². The first kappa shape index (κ1) is 7.52. The highest BCUT2D eigenvalue weighted by Gasteiger charge is 2.03. The molecule has 0 aromatic carbocycles. The number of rotatable bonds is 2. The molecule has 2 unspecified atom stereocenters. The van der Waals surface area contributed by atoms with Crippen LogP contribution in [0.1, 0.15) is 20.3 Å². The molecular formula is C7H13N. The minimum atomic E-state index is 0.228. The summed E-state index contributed by atoms with van der Waals surface area (Å²) in [5.74, 6) is 3.03. The molecule has 1 heteroatoms. The van der Waals surface area contributed by atoms with Crippen LogP contribution < -0.4 is 5.73 Å². The van der Waals surface area contributed by atoms with Gasteiger partial charge in [0.25, 0.3) is 0 Å². The summed E-state index contributed by atoms with van der Waals surface area (Å²) in [7, 11) is 0. The predicted octanol–water partition coefficient (Wildman–Crippen LogP) is 0.993. The molecule has 1 nitrogen and oxygen atoms in total. The molecule has 0 aliphatic carbocycles. The molecule has 46 valence electrons. The second kappa shape index (κ2) is 3.51. The van der Waals surface area contributed by atoms with Gasteiger partial charge in [0.2, 0.25) is 0 Å². The Morgan fingerprint density at radius 2 is 2.12 bits per heavy atom. The summed E-state index contributed by atoms with van der Waals surface area (Å²) >= 11 is 0. The van der Waals surface area contributed by atoms with Crippen molar-refractivity contribution in [1.29, 1.82) is 0 Å². The average Bonchev–Trinajstić information content (AvgIpc) is 1.67. The van der Waals surface area contributed by atoms with Crippen molar-refractivity contribution in [2.24, 2.45) is 11.7 Å². The first-order valence-electron chi connectivity index (χ1n) is 2.87. The molecule has 0 spiro atoms. The van der Waals surface area contributed by atoms with Crippen LogP contribution in [0.5, 0.6) is 0 Å². The average molecular weight is 111 g/mol. The highest BCUT2D eigenvalue weighted by Crippen LogP contribution is 2.02. The van der Waals surface area contributed by atoms with Crippen LogP contribution >= 0.6 is 0 Å². The van der Waals surface area contributed by atoms with Gasteiger partial charge in [-0.25, -0.2) is 0 Å². The largest absolute Gasteiger partial charge is 0.328 e. The lowest BCUT2D eigenvalue weighted by Crippen LogP contribution is -2.23. The van der Waals surface area contributed by atoms with E-state index in [1.807, 2.05) is 6.92 Å². The molecule has 0 heterocycles. The maximum absolute atomic E-state index is 5.53. The lowest BCUT2D eigenvalue weighted by atomic mass is 10.0. The summed E-state index contributed by atoms with van der Waals surface area (Å²) in [6, 6.07) is 0.228. The molecule has 0 saturated heterocycles. The number of nitrogens with two attached hydrogens (primary N) is 1. The van der Waals surface area contributed by atoms with Crippen LogP contribution in [-0.2, 0) is 0 Å². The van der Waals surface area contributed by atoms with Gasteiger partial charge in [0.05, 0.1) is 0 Å². The van der Waals surface area contributed by atoms with E-state index in [-0.39, 0.29) is 6.04 Å². The van der Waals surface area contributed by atoms with Gasteiger partial charge in [-0.15, -0.1) is 12.3 Å². The van der Waals surface area contributed by atoms with E-state index in [0.717, 1.165) is 6.42 Å². The standard InChI is InChI=1S/C7H13N/c1-4-5-6(2)7(3)8/h1,6-7H,5,8H2,2-3H3. The van der Waals surface area contributed by atoms with E-state index in [1.165, 1.54) is 0 Å². The predicted molar refractivity (Wildman–Crippen MR) is 36.3 cm³/mol. The van der Waals surface area contributed by atoms with Crippen LogP contribution in [0, 0.1) is 18.3 Å². The quantitative estimate of drug-likeness (QED) is 0.528.